The van der Waals surface area contributed by atoms with E-state index in [2.05, 4.69) is 31.2 Å². The minimum absolute atomic E-state index is 0.0290. The van der Waals surface area contributed by atoms with Gasteiger partial charge in [0.25, 0.3) is 10.0 Å². The second-order valence-electron chi connectivity index (χ2n) is 7.76. The number of hydrogen-bond donors (Lipinski definition) is 3. The highest BCUT2D eigenvalue weighted by molar-refractivity contribution is 7.90. The van der Waals surface area contributed by atoms with E-state index in [1.807, 2.05) is 0 Å². The lowest BCUT2D eigenvalue weighted by atomic mass is 10.2. The maximum absolute atomic E-state index is 14.3. The van der Waals surface area contributed by atoms with E-state index in [9.17, 15) is 17.6 Å². The van der Waals surface area contributed by atoms with Gasteiger partial charge in [-0.1, -0.05) is 25.8 Å². The standard InChI is InChI=1S/C24H24FN5O4S/c1-5-12-34-19-10-8-17(9-11-19)27-22-20(25)14-26-24(29-22)28-18-7-6-16(4)21(13-18)35(32,33)30-23(31)15(2)3/h1,6-11,13-15H,12H2,2-4H3,(H,30,31)(H2,26,27,28,29). The largest absolute Gasteiger partial charge is 0.481 e. The van der Waals surface area contributed by atoms with Crippen LogP contribution in [0.4, 0.5) is 27.5 Å². The Hall–Kier alpha value is -4.17. The lowest BCUT2D eigenvalue weighted by molar-refractivity contribution is -0.122. The van der Waals surface area contributed by atoms with Crippen molar-refractivity contribution in [2.75, 3.05) is 17.2 Å². The van der Waals surface area contributed by atoms with Crippen molar-refractivity contribution in [3.63, 3.8) is 0 Å². The number of rotatable bonds is 9. The summed E-state index contributed by atoms with van der Waals surface area (Å²) < 4.78 is 47.1. The molecule has 1 amide bonds. The Bertz CT molecular complexity index is 1370. The summed E-state index contributed by atoms with van der Waals surface area (Å²) in [5, 5.41) is 5.71. The summed E-state index contributed by atoms with van der Waals surface area (Å²) in [7, 11) is -4.09. The van der Waals surface area contributed by atoms with Gasteiger partial charge in [0.15, 0.2) is 11.6 Å². The van der Waals surface area contributed by atoms with Crippen molar-refractivity contribution in [3.05, 3.63) is 60.0 Å². The van der Waals surface area contributed by atoms with Crippen molar-refractivity contribution in [1.29, 1.82) is 0 Å². The molecule has 0 aliphatic rings. The minimum atomic E-state index is -4.09. The van der Waals surface area contributed by atoms with Gasteiger partial charge in [0.1, 0.15) is 12.4 Å². The van der Waals surface area contributed by atoms with Gasteiger partial charge >= 0.3 is 0 Å². The topological polar surface area (TPSA) is 122 Å². The van der Waals surface area contributed by atoms with E-state index < -0.39 is 27.7 Å². The van der Waals surface area contributed by atoms with Crippen molar-refractivity contribution in [1.82, 2.24) is 14.7 Å². The van der Waals surface area contributed by atoms with Crippen LogP contribution in [-0.4, -0.2) is 30.9 Å². The Kier molecular flexibility index (Phi) is 7.88. The first-order chi connectivity index (χ1) is 16.6. The smallest absolute Gasteiger partial charge is 0.264 e. The molecule has 0 unspecified atom stereocenters. The number of aromatic nitrogens is 2. The number of benzene rings is 2. The highest BCUT2D eigenvalue weighted by Crippen LogP contribution is 2.25. The molecule has 11 heteroatoms. The van der Waals surface area contributed by atoms with E-state index in [1.165, 1.54) is 6.07 Å². The van der Waals surface area contributed by atoms with Gasteiger partial charge in [-0.15, -0.1) is 6.42 Å². The molecule has 1 aromatic heterocycles. The molecule has 3 rings (SSSR count). The number of carbonyl (C=O) groups is 1. The Morgan fingerprint density at radius 1 is 1.14 bits per heavy atom. The molecule has 1 heterocycles. The van der Waals surface area contributed by atoms with Gasteiger partial charge in [0.05, 0.1) is 11.1 Å². The van der Waals surface area contributed by atoms with E-state index in [4.69, 9.17) is 11.2 Å². The zero-order valence-corrected chi connectivity index (χ0v) is 20.1. The third-order valence-electron chi connectivity index (χ3n) is 4.68. The molecule has 0 spiro atoms. The predicted octanol–water partition coefficient (Wildman–Crippen LogP) is 3.88. The third kappa shape index (κ3) is 6.68. The Labute approximate surface area is 203 Å². The van der Waals surface area contributed by atoms with Crippen LogP contribution < -0.4 is 20.1 Å². The van der Waals surface area contributed by atoms with Crippen molar-refractivity contribution >= 4 is 39.1 Å². The highest BCUT2D eigenvalue weighted by atomic mass is 32.2. The number of carbonyl (C=O) groups excluding carboxylic acids is 1. The van der Waals surface area contributed by atoms with Crippen LogP contribution in [-0.2, 0) is 14.8 Å². The van der Waals surface area contributed by atoms with Crippen LogP contribution in [0.25, 0.3) is 0 Å². The van der Waals surface area contributed by atoms with E-state index >= 15 is 0 Å². The number of hydrogen-bond acceptors (Lipinski definition) is 8. The van der Waals surface area contributed by atoms with Crippen molar-refractivity contribution in [3.8, 4) is 18.1 Å². The maximum Gasteiger partial charge on any atom is 0.264 e. The first-order valence-electron chi connectivity index (χ1n) is 10.5. The summed E-state index contributed by atoms with van der Waals surface area (Å²) >= 11 is 0. The van der Waals surface area contributed by atoms with Crippen molar-refractivity contribution in [2.45, 2.75) is 25.7 Å². The molecule has 0 bridgehead atoms. The SMILES string of the molecule is C#CCOc1ccc(Nc2nc(Nc3ccc(C)c(S(=O)(=O)NC(=O)C(C)C)c3)ncc2F)cc1. The molecular weight excluding hydrogens is 473 g/mol. The number of sulfonamides is 1. The quantitative estimate of drug-likeness (QED) is 0.381. The predicted molar refractivity (Wildman–Crippen MR) is 131 cm³/mol. The van der Waals surface area contributed by atoms with Gasteiger partial charge in [-0.3, -0.25) is 4.79 Å². The summed E-state index contributed by atoms with van der Waals surface area (Å²) in [6.45, 7) is 4.93. The number of nitrogens with zero attached hydrogens (tertiary/aromatic N) is 2. The van der Waals surface area contributed by atoms with Gasteiger partial charge in [-0.25, -0.2) is 22.5 Å². The lowest BCUT2D eigenvalue weighted by Crippen LogP contribution is -2.34. The van der Waals surface area contributed by atoms with Gasteiger partial charge in [0.2, 0.25) is 11.9 Å². The Morgan fingerprint density at radius 3 is 2.49 bits per heavy atom. The average molecular weight is 498 g/mol. The van der Waals surface area contributed by atoms with Gasteiger partial charge in [-0.2, -0.15) is 4.98 Å². The van der Waals surface area contributed by atoms with E-state index in [0.29, 0.717) is 22.7 Å². The van der Waals surface area contributed by atoms with E-state index in [-0.39, 0.29) is 23.3 Å². The summed E-state index contributed by atoms with van der Waals surface area (Å²) in [5.41, 5.74) is 1.32. The molecule has 182 valence electrons. The summed E-state index contributed by atoms with van der Waals surface area (Å²) in [6.07, 6.45) is 6.15. The lowest BCUT2D eigenvalue weighted by Gasteiger charge is -2.13. The molecule has 3 N–H and O–H groups in total. The van der Waals surface area contributed by atoms with Crippen LogP contribution in [0.3, 0.4) is 0 Å². The molecule has 0 saturated carbocycles. The van der Waals surface area contributed by atoms with Gasteiger partial charge in [0, 0.05) is 17.3 Å². The van der Waals surface area contributed by atoms with Crippen LogP contribution in [0.15, 0.2) is 53.6 Å². The van der Waals surface area contributed by atoms with Crippen LogP contribution in [0.2, 0.25) is 0 Å². The molecule has 2 aromatic carbocycles. The summed E-state index contributed by atoms with van der Waals surface area (Å²) in [6, 6.07) is 11.2. The molecule has 0 aliphatic heterocycles. The normalized spacial score (nSPS) is 11.0. The van der Waals surface area contributed by atoms with Crippen LogP contribution in [0.5, 0.6) is 5.75 Å². The zero-order chi connectivity index (χ0) is 25.6. The fourth-order valence-electron chi connectivity index (χ4n) is 2.81. The Balaban J connectivity index is 1.80. The van der Waals surface area contributed by atoms with Crippen LogP contribution in [0.1, 0.15) is 19.4 Å². The third-order valence-corrected chi connectivity index (χ3v) is 6.17. The Morgan fingerprint density at radius 2 is 1.83 bits per heavy atom. The monoisotopic (exact) mass is 497 g/mol. The minimum Gasteiger partial charge on any atom is -0.481 e. The number of halogens is 1. The van der Waals surface area contributed by atoms with Crippen molar-refractivity contribution < 1.29 is 22.3 Å². The second kappa shape index (κ2) is 10.8. The molecule has 35 heavy (non-hydrogen) atoms. The first-order valence-corrected chi connectivity index (χ1v) is 12.0. The number of nitrogens with one attached hydrogen (secondary N) is 3. The molecule has 0 atom stereocenters. The molecule has 9 nitrogen and oxygen atoms in total. The van der Waals surface area contributed by atoms with E-state index in [1.54, 1.807) is 57.2 Å². The molecular formula is C24H24FN5O4S. The van der Waals surface area contributed by atoms with Crippen LogP contribution >= 0.6 is 0 Å². The zero-order valence-electron chi connectivity index (χ0n) is 19.3. The highest BCUT2D eigenvalue weighted by Gasteiger charge is 2.22. The average Bonchev–Trinajstić information content (AvgIpc) is 2.81. The number of anilines is 4. The molecule has 3 aromatic rings. The number of terminal acetylenes is 1. The molecule has 0 aliphatic carbocycles. The number of amides is 1. The maximum atomic E-state index is 14.3. The van der Waals surface area contributed by atoms with Gasteiger partial charge in [-0.05, 0) is 48.9 Å². The molecule has 0 saturated heterocycles. The molecule has 0 radical (unpaired) electrons. The molecule has 0 fully saturated rings. The van der Waals surface area contributed by atoms with Gasteiger partial charge < -0.3 is 15.4 Å². The van der Waals surface area contributed by atoms with Crippen LogP contribution in [0, 0.1) is 31.0 Å². The number of ether oxygens (including phenoxy) is 1. The summed E-state index contributed by atoms with van der Waals surface area (Å²) in [4.78, 5) is 19.9. The number of aryl methyl sites for hydroxylation is 1. The first kappa shape index (κ1) is 25.5. The fourth-order valence-corrected chi connectivity index (χ4v) is 4.20. The second-order valence-corrected chi connectivity index (χ2v) is 9.41. The van der Waals surface area contributed by atoms with E-state index in [0.717, 1.165) is 6.20 Å². The summed E-state index contributed by atoms with van der Waals surface area (Å²) in [5.74, 6) is 1.06. The van der Waals surface area contributed by atoms with Crippen molar-refractivity contribution in [2.24, 2.45) is 5.92 Å². The fraction of sp³-hybridized carbons (Fsp3) is 0.208.